The van der Waals surface area contributed by atoms with Crippen molar-refractivity contribution in [1.29, 1.82) is 0 Å². The molecule has 0 saturated heterocycles. The fraction of sp³-hybridized carbons (Fsp3) is 0. The van der Waals surface area contributed by atoms with Crippen molar-refractivity contribution in [2.75, 3.05) is 5.73 Å². The lowest BCUT2D eigenvalue weighted by molar-refractivity contribution is 0.631. The highest BCUT2D eigenvalue weighted by Gasteiger charge is 2.10. The summed E-state index contributed by atoms with van der Waals surface area (Å²) in [5.74, 6) is 0.113. The van der Waals surface area contributed by atoms with E-state index in [0.29, 0.717) is 16.4 Å². The third-order valence-electron chi connectivity index (χ3n) is 1.71. The molecular weight excluding hydrogens is 267 g/mol. The Hall–Kier alpha value is -0.940. The highest BCUT2D eigenvalue weighted by molar-refractivity contribution is 9.11. The van der Waals surface area contributed by atoms with Crippen LogP contribution in [-0.2, 0) is 0 Å². The number of nitrogens with zero attached hydrogens (tertiary/aromatic N) is 1. The number of hydrogen-bond acceptors (Lipinski definition) is 3. The molecule has 14 heavy (non-hydrogen) atoms. The number of aromatic nitrogens is 1. The van der Waals surface area contributed by atoms with Gasteiger partial charge in [0.05, 0.1) is 0 Å². The molecule has 2 rings (SSSR count). The normalized spacial score (nSPS) is 10.4. The molecule has 1 heterocycles. The fourth-order valence-corrected chi connectivity index (χ4v) is 2.35. The molecule has 0 fully saturated rings. The Morgan fingerprint density at radius 2 is 2.07 bits per heavy atom. The number of benzene rings is 1. The second-order valence-electron chi connectivity index (χ2n) is 2.66. The molecule has 0 saturated carbocycles. The maximum absolute atomic E-state index is 13.3. The zero-order valence-corrected chi connectivity index (χ0v) is 9.40. The average Bonchev–Trinajstić information content (AvgIpc) is 2.48. The number of rotatable bonds is 1. The van der Waals surface area contributed by atoms with Crippen LogP contribution >= 0.6 is 27.3 Å². The highest BCUT2D eigenvalue weighted by Crippen LogP contribution is 2.34. The minimum Gasteiger partial charge on any atom is -0.382 e. The molecule has 0 aliphatic heterocycles. The van der Waals surface area contributed by atoms with E-state index < -0.39 is 0 Å². The first-order valence-electron chi connectivity index (χ1n) is 3.85. The highest BCUT2D eigenvalue weighted by atomic mass is 79.9. The molecule has 0 radical (unpaired) electrons. The van der Waals surface area contributed by atoms with Crippen LogP contribution < -0.4 is 5.73 Å². The Labute approximate surface area is 92.7 Å². The minimum atomic E-state index is -0.284. The largest absolute Gasteiger partial charge is 0.382 e. The number of halogens is 2. The summed E-state index contributed by atoms with van der Waals surface area (Å²) in [6.45, 7) is 0. The van der Waals surface area contributed by atoms with Gasteiger partial charge in [-0.15, -0.1) is 11.3 Å². The maximum atomic E-state index is 13.3. The molecule has 1 aromatic carbocycles. The SMILES string of the molecule is Nc1nc(-c2ccccc2F)sc1Br. The topological polar surface area (TPSA) is 38.9 Å². The van der Waals surface area contributed by atoms with Gasteiger partial charge in [0.1, 0.15) is 20.4 Å². The third-order valence-corrected chi connectivity index (χ3v) is 3.50. The van der Waals surface area contributed by atoms with Gasteiger partial charge in [-0.3, -0.25) is 0 Å². The van der Waals surface area contributed by atoms with Crippen LogP contribution in [0.3, 0.4) is 0 Å². The summed E-state index contributed by atoms with van der Waals surface area (Å²) in [4.78, 5) is 4.05. The lowest BCUT2D eigenvalue weighted by Gasteiger charge is -1.96. The lowest BCUT2D eigenvalue weighted by atomic mass is 10.2. The van der Waals surface area contributed by atoms with Crippen LogP contribution in [0.2, 0.25) is 0 Å². The second kappa shape index (κ2) is 3.67. The molecule has 72 valence electrons. The Kier molecular flexibility index (Phi) is 2.52. The zero-order valence-electron chi connectivity index (χ0n) is 7.00. The number of nitrogen functional groups attached to an aromatic ring is 1. The van der Waals surface area contributed by atoms with Crippen LogP contribution in [0.1, 0.15) is 0 Å². The van der Waals surface area contributed by atoms with E-state index in [0.717, 1.165) is 3.79 Å². The molecule has 0 aliphatic rings. The summed E-state index contributed by atoms with van der Waals surface area (Å²) in [5, 5.41) is 0.590. The number of anilines is 1. The van der Waals surface area contributed by atoms with E-state index in [1.165, 1.54) is 17.4 Å². The lowest BCUT2D eigenvalue weighted by Crippen LogP contribution is -1.86. The van der Waals surface area contributed by atoms with Crippen LogP contribution in [0.15, 0.2) is 28.1 Å². The van der Waals surface area contributed by atoms with Crippen molar-refractivity contribution in [3.63, 3.8) is 0 Å². The number of thiazole rings is 1. The summed E-state index contributed by atoms with van der Waals surface area (Å²) < 4.78 is 14.1. The first-order chi connectivity index (χ1) is 6.68. The van der Waals surface area contributed by atoms with Crippen LogP contribution in [0.4, 0.5) is 10.2 Å². The predicted octanol–water partition coefficient (Wildman–Crippen LogP) is 3.29. The van der Waals surface area contributed by atoms with E-state index in [2.05, 4.69) is 20.9 Å². The first-order valence-corrected chi connectivity index (χ1v) is 5.46. The van der Waals surface area contributed by atoms with E-state index in [1.54, 1.807) is 18.2 Å². The van der Waals surface area contributed by atoms with Crippen molar-refractivity contribution < 1.29 is 4.39 Å². The molecule has 0 atom stereocenters. The van der Waals surface area contributed by atoms with Crippen LogP contribution in [0.5, 0.6) is 0 Å². The first kappa shape index (κ1) is 9.61. The molecule has 0 unspecified atom stereocenters. The summed E-state index contributed by atoms with van der Waals surface area (Å²) in [5.41, 5.74) is 6.04. The minimum absolute atomic E-state index is 0.284. The van der Waals surface area contributed by atoms with Crippen molar-refractivity contribution >= 4 is 33.1 Å². The molecule has 0 spiro atoms. The summed E-state index contributed by atoms with van der Waals surface area (Å²) in [7, 11) is 0. The molecular formula is C9H6BrFN2S. The quantitative estimate of drug-likeness (QED) is 0.865. The van der Waals surface area contributed by atoms with Gasteiger partial charge in [0.2, 0.25) is 0 Å². The standard InChI is InChI=1S/C9H6BrFN2S/c10-7-8(12)13-9(14-7)5-3-1-2-4-6(5)11/h1-4H,12H2. The molecule has 0 aliphatic carbocycles. The van der Waals surface area contributed by atoms with E-state index >= 15 is 0 Å². The van der Waals surface area contributed by atoms with Gasteiger partial charge in [-0.2, -0.15) is 0 Å². The summed E-state index contributed by atoms with van der Waals surface area (Å²) in [6.07, 6.45) is 0. The molecule has 0 amide bonds. The number of hydrogen-bond donors (Lipinski definition) is 1. The molecule has 0 bridgehead atoms. The predicted molar refractivity (Wildman–Crippen MR) is 59.6 cm³/mol. The Bertz CT molecular complexity index is 450. The Morgan fingerprint density at radius 3 is 2.64 bits per heavy atom. The average molecular weight is 273 g/mol. The second-order valence-corrected chi connectivity index (χ2v) is 4.97. The molecule has 2 nitrogen and oxygen atoms in total. The molecule has 2 aromatic rings. The Morgan fingerprint density at radius 1 is 1.36 bits per heavy atom. The van der Waals surface area contributed by atoms with Crippen molar-refractivity contribution in [1.82, 2.24) is 4.98 Å². The van der Waals surface area contributed by atoms with Gasteiger partial charge in [-0.25, -0.2) is 9.37 Å². The smallest absolute Gasteiger partial charge is 0.149 e. The van der Waals surface area contributed by atoms with Crippen molar-refractivity contribution in [2.45, 2.75) is 0 Å². The van der Waals surface area contributed by atoms with Crippen molar-refractivity contribution in [3.05, 3.63) is 33.9 Å². The van der Waals surface area contributed by atoms with E-state index in [-0.39, 0.29) is 5.82 Å². The van der Waals surface area contributed by atoms with Crippen LogP contribution in [0.25, 0.3) is 10.6 Å². The van der Waals surface area contributed by atoms with E-state index in [4.69, 9.17) is 5.73 Å². The van der Waals surface area contributed by atoms with Gasteiger partial charge in [-0.1, -0.05) is 12.1 Å². The number of nitrogens with two attached hydrogens (primary N) is 1. The van der Waals surface area contributed by atoms with Gasteiger partial charge >= 0.3 is 0 Å². The fourth-order valence-electron chi connectivity index (χ4n) is 1.06. The molecule has 2 N–H and O–H groups in total. The van der Waals surface area contributed by atoms with Crippen molar-refractivity contribution in [2.24, 2.45) is 0 Å². The van der Waals surface area contributed by atoms with Crippen LogP contribution in [0, 0.1) is 5.82 Å². The van der Waals surface area contributed by atoms with Gasteiger partial charge in [0, 0.05) is 5.56 Å². The van der Waals surface area contributed by atoms with Gasteiger partial charge in [0.25, 0.3) is 0 Å². The van der Waals surface area contributed by atoms with E-state index in [9.17, 15) is 4.39 Å². The van der Waals surface area contributed by atoms with E-state index in [1.807, 2.05) is 0 Å². The molecule has 5 heteroatoms. The third kappa shape index (κ3) is 1.65. The summed E-state index contributed by atoms with van der Waals surface area (Å²) in [6, 6.07) is 6.50. The maximum Gasteiger partial charge on any atom is 0.149 e. The summed E-state index contributed by atoms with van der Waals surface area (Å²) >= 11 is 4.57. The van der Waals surface area contributed by atoms with Gasteiger partial charge < -0.3 is 5.73 Å². The molecule has 1 aromatic heterocycles. The van der Waals surface area contributed by atoms with Crippen molar-refractivity contribution in [3.8, 4) is 10.6 Å². The van der Waals surface area contributed by atoms with Crippen LogP contribution in [-0.4, -0.2) is 4.98 Å². The monoisotopic (exact) mass is 272 g/mol. The van der Waals surface area contributed by atoms with Gasteiger partial charge in [-0.05, 0) is 28.1 Å². The Balaban J connectivity index is 2.55. The zero-order chi connectivity index (χ0) is 10.1. The van der Waals surface area contributed by atoms with Gasteiger partial charge in [0.15, 0.2) is 0 Å².